The molecule has 0 atom stereocenters. The van der Waals surface area contributed by atoms with Gasteiger partial charge in [0, 0.05) is 43.7 Å². The number of aromatic nitrogens is 5. The second-order valence-corrected chi connectivity index (χ2v) is 7.93. The molecule has 1 amide bonds. The lowest BCUT2D eigenvalue weighted by molar-refractivity contribution is 0.0659. The molecule has 0 aliphatic carbocycles. The van der Waals surface area contributed by atoms with E-state index >= 15 is 0 Å². The smallest absolute Gasteiger partial charge is 0.276 e. The first-order valence-electron chi connectivity index (χ1n) is 9.93. The summed E-state index contributed by atoms with van der Waals surface area (Å²) in [4.78, 5) is 19.2. The van der Waals surface area contributed by atoms with Crippen LogP contribution in [0.25, 0.3) is 11.3 Å². The molecule has 0 spiro atoms. The molecule has 0 N–H and O–H groups in total. The molecule has 0 saturated carbocycles. The number of hydrogen-bond donors (Lipinski definition) is 0. The first kappa shape index (κ1) is 19.4. The van der Waals surface area contributed by atoms with Gasteiger partial charge in [-0.05, 0) is 33.6 Å². The fourth-order valence-electron chi connectivity index (χ4n) is 3.99. The summed E-state index contributed by atoms with van der Waals surface area (Å²) in [6.07, 6.45) is 1.54. The molecule has 0 aromatic carbocycles. The Hall–Kier alpha value is -2.97. The van der Waals surface area contributed by atoms with E-state index < -0.39 is 0 Å². The Morgan fingerprint density at radius 3 is 2.48 bits per heavy atom. The van der Waals surface area contributed by atoms with Crippen LogP contribution in [-0.2, 0) is 12.0 Å². The second-order valence-electron chi connectivity index (χ2n) is 7.93. The van der Waals surface area contributed by atoms with Crippen molar-refractivity contribution < 1.29 is 13.8 Å². The van der Waals surface area contributed by atoms with Crippen molar-refractivity contribution in [3.63, 3.8) is 0 Å². The molecule has 1 aliphatic rings. The van der Waals surface area contributed by atoms with Gasteiger partial charge in [0.1, 0.15) is 0 Å². The van der Waals surface area contributed by atoms with E-state index in [2.05, 4.69) is 27.3 Å². The highest BCUT2D eigenvalue weighted by Gasteiger charge is 2.37. The summed E-state index contributed by atoms with van der Waals surface area (Å²) in [5, 5.41) is 12.6. The molecular formula is C20H26N6O3. The van der Waals surface area contributed by atoms with Crippen LogP contribution in [0, 0.1) is 20.8 Å². The molecule has 0 bridgehead atoms. The van der Waals surface area contributed by atoms with Gasteiger partial charge in [0.05, 0.1) is 11.3 Å². The first-order valence-corrected chi connectivity index (χ1v) is 9.93. The van der Waals surface area contributed by atoms with E-state index in [-0.39, 0.29) is 11.3 Å². The van der Waals surface area contributed by atoms with Crippen molar-refractivity contribution in [2.24, 2.45) is 0 Å². The van der Waals surface area contributed by atoms with Crippen molar-refractivity contribution in [2.45, 2.75) is 59.4 Å². The maximum Gasteiger partial charge on any atom is 0.276 e. The number of aryl methyl sites for hydroxylation is 3. The van der Waals surface area contributed by atoms with E-state index in [9.17, 15) is 4.79 Å². The van der Waals surface area contributed by atoms with Crippen molar-refractivity contribution in [2.75, 3.05) is 13.1 Å². The summed E-state index contributed by atoms with van der Waals surface area (Å²) in [6, 6.07) is 1.72. The topological polar surface area (TPSA) is 103 Å². The average molecular weight is 398 g/mol. The summed E-state index contributed by atoms with van der Waals surface area (Å²) in [5.74, 6) is 1.73. The molecule has 3 aromatic rings. The monoisotopic (exact) mass is 398 g/mol. The highest BCUT2D eigenvalue weighted by atomic mass is 16.5. The van der Waals surface area contributed by atoms with E-state index in [1.165, 1.54) is 0 Å². The molecule has 154 valence electrons. The van der Waals surface area contributed by atoms with Crippen LogP contribution in [0.5, 0.6) is 0 Å². The molecule has 3 aromatic heterocycles. The van der Waals surface area contributed by atoms with Gasteiger partial charge < -0.3 is 13.9 Å². The van der Waals surface area contributed by atoms with Gasteiger partial charge in [-0.3, -0.25) is 9.48 Å². The minimum Gasteiger partial charge on any atom is -0.355 e. The van der Waals surface area contributed by atoms with E-state index in [1.54, 1.807) is 13.0 Å². The van der Waals surface area contributed by atoms with Gasteiger partial charge in [0.15, 0.2) is 17.3 Å². The number of likely N-dealkylation sites (tertiary alicyclic amines) is 1. The van der Waals surface area contributed by atoms with Crippen LogP contribution in [0.4, 0.5) is 0 Å². The van der Waals surface area contributed by atoms with E-state index in [0.717, 1.165) is 36.3 Å². The molecule has 9 nitrogen and oxygen atoms in total. The lowest BCUT2D eigenvalue weighted by Gasteiger charge is -2.36. The third-order valence-corrected chi connectivity index (χ3v) is 5.88. The molecule has 1 saturated heterocycles. The zero-order chi connectivity index (χ0) is 20.8. The highest BCUT2D eigenvalue weighted by molar-refractivity contribution is 5.93. The van der Waals surface area contributed by atoms with Gasteiger partial charge in [-0.25, -0.2) is 0 Å². The molecule has 29 heavy (non-hydrogen) atoms. The lowest BCUT2D eigenvalue weighted by Crippen LogP contribution is -2.44. The molecule has 0 radical (unpaired) electrons. The summed E-state index contributed by atoms with van der Waals surface area (Å²) >= 11 is 0. The maximum absolute atomic E-state index is 13.0. The lowest BCUT2D eigenvalue weighted by atomic mass is 9.79. The molecular weight excluding hydrogens is 372 g/mol. The molecule has 4 rings (SSSR count). The van der Waals surface area contributed by atoms with Gasteiger partial charge in [0.2, 0.25) is 5.89 Å². The van der Waals surface area contributed by atoms with Crippen LogP contribution in [0.3, 0.4) is 0 Å². The Bertz CT molecular complexity index is 1040. The largest absolute Gasteiger partial charge is 0.355 e. The molecule has 1 fully saturated rings. The number of hydrogen-bond acceptors (Lipinski definition) is 7. The minimum absolute atomic E-state index is 0.121. The Morgan fingerprint density at radius 1 is 1.17 bits per heavy atom. The molecule has 0 unspecified atom stereocenters. The molecule has 1 aliphatic heterocycles. The maximum atomic E-state index is 13.0. The summed E-state index contributed by atoms with van der Waals surface area (Å²) in [6.45, 7) is 11.9. The van der Waals surface area contributed by atoms with Crippen LogP contribution >= 0.6 is 0 Å². The van der Waals surface area contributed by atoms with Crippen LogP contribution in [0.2, 0.25) is 0 Å². The zero-order valence-corrected chi connectivity index (χ0v) is 17.5. The van der Waals surface area contributed by atoms with E-state index in [4.69, 9.17) is 9.05 Å². The van der Waals surface area contributed by atoms with Crippen LogP contribution in [-0.4, -0.2) is 49.0 Å². The van der Waals surface area contributed by atoms with Gasteiger partial charge in [0.25, 0.3) is 5.91 Å². The zero-order valence-electron chi connectivity index (χ0n) is 17.5. The van der Waals surface area contributed by atoms with Crippen LogP contribution in [0.15, 0.2) is 15.1 Å². The van der Waals surface area contributed by atoms with Gasteiger partial charge in [-0.15, -0.1) is 0 Å². The van der Waals surface area contributed by atoms with E-state index in [1.807, 2.05) is 30.4 Å². The quantitative estimate of drug-likeness (QED) is 0.665. The normalized spacial score (nSPS) is 16.4. The fraction of sp³-hybridized carbons (Fsp3) is 0.550. The average Bonchev–Trinajstić information content (AvgIpc) is 3.41. The Labute approximate surface area is 169 Å². The number of amides is 1. The van der Waals surface area contributed by atoms with Crippen molar-refractivity contribution in [1.29, 1.82) is 0 Å². The third-order valence-electron chi connectivity index (χ3n) is 5.88. The Morgan fingerprint density at radius 2 is 1.90 bits per heavy atom. The van der Waals surface area contributed by atoms with E-state index in [0.29, 0.717) is 36.3 Å². The third kappa shape index (κ3) is 3.34. The van der Waals surface area contributed by atoms with Gasteiger partial charge >= 0.3 is 0 Å². The minimum atomic E-state index is -0.188. The van der Waals surface area contributed by atoms with Crippen molar-refractivity contribution in [3.8, 4) is 11.3 Å². The number of piperidine rings is 1. The summed E-state index contributed by atoms with van der Waals surface area (Å²) in [5.41, 5.74) is 2.90. The number of nitrogens with zero attached hydrogens (tertiary/aromatic N) is 6. The van der Waals surface area contributed by atoms with Crippen molar-refractivity contribution >= 4 is 5.91 Å². The first-order chi connectivity index (χ1) is 13.8. The Kier molecular flexibility index (Phi) is 4.76. The summed E-state index contributed by atoms with van der Waals surface area (Å²) < 4.78 is 12.6. The van der Waals surface area contributed by atoms with Crippen molar-refractivity contribution in [1.82, 2.24) is 30.0 Å². The van der Waals surface area contributed by atoms with Crippen LogP contribution in [0.1, 0.15) is 60.3 Å². The molecule has 9 heteroatoms. The fourth-order valence-corrected chi connectivity index (χ4v) is 3.99. The summed E-state index contributed by atoms with van der Waals surface area (Å²) in [7, 11) is 0. The standard InChI is InChI=1S/C20H26N6O3/c1-6-26-13(3)17(12(2)22-26)16-11-15(23-29-16)18(27)25-9-7-20(5,8-10-25)19-21-14(4)28-24-19/h11H,6-10H2,1-5H3. The molecule has 4 heterocycles. The Balaban J connectivity index is 1.49. The van der Waals surface area contributed by atoms with Gasteiger partial charge in [-0.2, -0.15) is 10.1 Å². The highest BCUT2D eigenvalue weighted by Crippen LogP contribution is 2.34. The predicted molar refractivity (Wildman–Crippen MR) is 104 cm³/mol. The second kappa shape index (κ2) is 7.13. The number of rotatable bonds is 4. The SMILES string of the molecule is CCn1nc(C)c(-c2cc(C(=O)N3CCC(C)(c4noc(C)n4)CC3)no2)c1C. The van der Waals surface area contributed by atoms with Crippen molar-refractivity contribution in [3.05, 3.63) is 34.9 Å². The number of carbonyl (C=O) groups is 1. The number of carbonyl (C=O) groups excluding carboxylic acids is 1. The van der Waals surface area contributed by atoms with Crippen LogP contribution < -0.4 is 0 Å². The van der Waals surface area contributed by atoms with Gasteiger partial charge in [-0.1, -0.05) is 17.2 Å². The predicted octanol–water partition coefficient (Wildman–Crippen LogP) is 3.06.